The molecule has 8 heteroatoms. The average Bonchev–Trinajstić information content (AvgIpc) is 3.18. The van der Waals surface area contributed by atoms with Crippen molar-refractivity contribution in [1.29, 1.82) is 0 Å². The smallest absolute Gasteiger partial charge is 0.258 e. The Balaban J connectivity index is 1.36. The number of hydrogen-bond acceptors (Lipinski definition) is 6. The summed E-state index contributed by atoms with van der Waals surface area (Å²) in [4.78, 5) is 23.5. The maximum absolute atomic E-state index is 12.1. The predicted molar refractivity (Wildman–Crippen MR) is 99.2 cm³/mol. The number of fused-ring (bicyclic) bond motifs is 1. The Morgan fingerprint density at radius 2 is 1.88 bits per heavy atom. The van der Waals surface area contributed by atoms with Crippen molar-refractivity contribution >= 4 is 39.2 Å². The Kier molecular flexibility index (Phi) is 4.69. The molecule has 1 aliphatic rings. The summed E-state index contributed by atoms with van der Waals surface area (Å²) in [5, 5.41) is 1.89. The lowest BCUT2D eigenvalue weighted by molar-refractivity contribution is 0.122. The van der Waals surface area contributed by atoms with Crippen LogP contribution in [0.25, 0.3) is 4.96 Å². The zero-order valence-corrected chi connectivity index (χ0v) is 15.4. The maximum atomic E-state index is 12.1. The van der Waals surface area contributed by atoms with Crippen LogP contribution in [0.5, 0.6) is 0 Å². The van der Waals surface area contributed by atoms with E-state index in [1.165, 1.54) is 16.2 Å². The Labute approximate surface area is 152 Å². The Morgan fingerprint density at radius 1 is 1.12 bits per heavy atom. The minimum atomic E-state index is 0.00413. The van der Waals surface area contributed by atoms with Gasteiger partial charge < -0.3 is 0 Å². The van der Waals surface area contributed by atoms with Crippen LogP contribution in [-0.4, -0.2) is 45.4 Å². The van der Waals surface area contributed by atoms with E-state index in [-0.39, 0.29) is 5.56 Å². The molecule has 0 radical (unpaired) electrons. The van der Waals surface area contributed by atoms with E-state index in [9.17, 15) is 4.79 Å². The van der Waals surface area contributed by atoms with Crippen molar-refractivity contribution in [2.75, 3.05) is 26.2 Å². The second-order valence-electron chi connectivity index (χ2n) is 5.90. The number of thiophene rings is 1. The fraction of sp³-hybridized carbons (Fsp3) is 0.375. The van der Waals surface area contributed by atoms with Gasteiger partial charge in [0.15, 0.2) is 4.96 Å². The van der Waals surface area contributed by atoms with E-state index in [0.717, 1.165) is 54.3 Å². The van der Waals surface area contributed by atoms with Gasteiger partial charge >= 0.3 is 0 Å². The molecule has 0 amide bonds. The highest BCUT2D eigenvalue weighted by atomic mass is 35.5. The van der Waals surface area contributed by atoms with E-state index in [2.05, 4.69) is 20.9 Å². The van der Waals surface area contributed by atoms with E-state index in [1.807, 2.05) is 11.4 Å². The molecular formula is C16H17ClN4OS2. The molecule has 0 N–H and O–H groups in total. The fourth-order valence-corrected chi connectivity index (χ4v) is 4.83. The number of nitrogens with zero attached hydrogens (tertiary/aromatic N) is 4. The van der Waals surface area contributed by atoms with Gasteiger partial charge in [-0.1, -0.05) is 11.6 Å². The molecule has 4 heterocycles. The minimum absolute atomic E-state index is 0.00413. The van der Waals surface area contributed by atoms with Gasteiger partial charge in [-0.2, -0.15) is 0 Å². The van der Waals surface area contributed by atoms with Crippen LogP contribution in [0.2, 0.25) is 4.34 Å². The fourth-order valence-electron chi connectivity index (χ4n) is 2.96. The molecule has 126 valence electrons. The summed E-state index contributed by atoms with van der Waals surface area (Å²) in [6, 6.07) is 5.72. The lowest BCUT2D eigenvalue weighted by Gasteiger charge is -2.34. The molecule has 0 unspecified atom stereocenters. The van der Waals surface area contributed by atoms with Crippen LogP contribution in [0.1, 0.15) is 10.6 Å². The summed E-state index contributed by atoms with van der Waals surface area (Å²) in [6.45, 7) is 5.73. The van der Waals surface area contributed by atoms with Crippen molar-refractivity contribution in [3.63, 3.8) is 0 Å². The van der Waals surface area contributed by atoms with E-state index < -0.39 is 0 Å². The molecule has 0 spiro atoms. The third kappa shape index (κ3) is 3.55. The Bertz CT molecular complexity index is 895. The first-order chi connectivity index (χ1) is 11.7. The molecule has 4 rings (SSSR count). The molecule has 0 bridgehead atoms. The SMILES string of the molecule is O=c1cc(CN2CCN(Cc3ccc(Cl)s3)CC2)nc2sccn12. The van der Waals surface area contributed by atoms with Crippen molar-refractivity contribution in [3.8, 4) is 0 Å². The van der Waals surface area contributed by atoms with Gasteiger partial charge in [0.25, 0.3) is 5.56 Å². The van der Waals surface area contributed by atoms with Crippen molar-refractivity contribution in [3.05, 3.63) is 55.0 Å². The van der Waals surface area contributed by atoms with Crippen molar-refractivity contribution in [2.24, 2.45) is 0 Å². The van der Waals surface area contributed by atoms with Crippen molar-refractivity contribution in [2.45, 2.75) is 13.1 Å². The first-order valence-electron chi connectivity index (χ1n) is 7.82. The highest BCUT2D eigenvalue weighted by molar-refractivity contribution is 7.16. The molecule has 0 atom stereocenters. The number of halogens is 1. The molecule has 5 nitrogen and oxygen atoms in total. The van der Waals surface area contributed by atoms with Crippen LogP contribution < -0.4 is 5.56 Å². The number of aromatic nitrogens is 2. The van der Waals surface area contributed by atoms with Gasteiger partial charge in [-0.15, -0.1) is 22.7 Å². The molecule has 0 aliphatic carbocycles. The van der Waals surface area contributed by atoms with E-state index in [1.54, 1.807) is 28.0 Å². The maximum Gasteiger partial charge on any atom is 0.258 e. The van der Waals surface area contributed by atoms with Crippen LogP contribution in [0.4, 0.5) is 0 Å². The van der Waals surface area contributed by atoms with Crippen molar-refractivity contribution < 1.29 is 0 Å². The van der Waals surface area contributed by atoms with Gasteiger partial charge in [-0.3, -0.25) is 19.0 Å². The molecule has 0 saturated carbocycles. The lowest BCUT2D eigenvalue weighted by Crippen LogP contribution is -2.45. The zero-order valence-electron chi connectivity index (χ0n) is 13.0. The van der Waals surface area contributed by atoms with Gasteiger partial charge in [0.2, 0.25) is 0 Å². The Hall–Kier alpha value is -1.25. The second kappa shape index (κ2) is 6.93. The van der Waals surface area contributed by atoms with E-state index in [0.29, 0.717) is 0 Å². The van der Waals surface area contributed by atoms with Crippen LogP contribution >= 0.6 is 34.3 Å². The number of piperazine rings is 1. The molecule has 24 heavy (non-hydrogen) atoms. The predicted octanol–water partition coefficient (Wildman–Crippen LogP) is 2.79. The minimum Gasteiger partial charge on any atom is -0.296 e. The molecule has 0 aromatic carbocycles. The van der Waals surface area contributed by atoms with Crippen LogP contribution in [0.15, 0.2) is 34.6 Å². The number of hydrogen-bond donors (Lipinski definition) is 0. The van der Waals surface area contributed by atoms with E-state index >= 15 is 0 Å². The summed E-state index contributed by atoms with van der Waals surface area (Å²) in [5.41, 5.74) is 0.866. The van der Waals surface area contributed by atoms with Gasteiger partial charge in [0.05, 0.1) is 10.0 Å². The van der Waals surface area contributed by atoms with E-state index in [4.69, 9.17) is 11.6 Å². The van der Waals surface area contributed by atoms with Crippen LogP contribution in [-0.2, 0) is 13.1 Å². The normalized spacial score (nSPS) is 16.9. The third-order valence-corrected chi connectivity index (χ3v) is 6.19. The summed E-state index contributed by atoms with van der Waals surface area (Å²) >= 11 is 9.15. The van der Waals surface area contributed by atoms with Crippen molar-refractivity contribution in [1.82, 2.24) is 19.2 Å². The zero-order chi connectivity index (χ0) is 16.5. The molecule has 1 saturated heterocycles. The largest absolute Gasteiger partial charge is 0.296 e. The standard InChI is InChI=1S/C16H17ClN4OS2/c17-14-2-1-13(24-14)11-20-5-3-19(4-6-20)10-12-9-15(22)21-7-8-23-16(21)18-12/h1-2,7-9H,3-6,10-11H2. The van der Waals surface area contributed by atoms with Gasteiger partial charge in [-0.25, -0.2) is 4.98 Å². The molecule has 1 aliphatic heterocycles. The first kappa shape index (κ1) is 16.2. The molecule has 3 aromatic rings. The summed E-state index contributed by atoms with van der Waals surface area (Å²) in [6.07, 6.45) is 1.77. The quantitative estimate of drug-likeness (QED) is 0.697. The second-order valence-corrected chi connectivity index (χ2v) is 8.57. The van der Waals surface area contributed by atoms with Gasteiger partial charge in [0.1, 0.15) is 0 Å². The number of rotatable bonds is 4. The highest BCUT2D eigenvalue weighted by Crippen LogP contribution is 2.23. The summed E-state index contributed by atoms with van der Waals surface area (Å²) in [7, 11) is 0. The lowest BCUT2D eigenvalue weighted by atomic mass is 10.2. The molecule has 1 fully saturated rings. The third-order valence-electron chi connectivity index (χ3n) is 4.22. The van der Waals surface area contributed by atoms with Gasteiger partial charge in [0, 0.05) is 61.8 Å². The topological polar surface area (TPSA) is 40.9 Å². The van der Waals surface area contributed by atoms with Crippen LogP contribution in [0.3, 0.4) is 0 Å². The monoisotopic (exact) mass is 380 g/mol. The Morgan fingerprint density at radius 3 is 2.58 bits per heavy atom. The molecular weight excluding hydrogens is 364 g/mol. The first-order valence-corrected chi connectivity index (χ1v) is 9.89. The summed E-state index contributed by atoms with van der Waals surface area (Å²) < 4.78 is 2.45. The summed E-state index contributed by atoms with van der Waals surface area (Å²) in [5.74, 6) is 0. The highest BCUT2D eigenvalue weighted by Gasteiger charge is 2.18. The van der Waals surface area contributed by atoms with Gasteiger partial charge in [-0.05, 0) is 12.1 Å². The molecule has 3 aromatic heterocycles. The van der Waals surface area contributed by atoms with Crippen LogP contribution in [0, 0.1) is 0 Å². The number of thiazole rings is 1. The average molecular weight is 381 g/mol.